The van der Waals surface area contributed by atoms with E-state index >= 15 is 0 Å². The molecule has 0 bridgehead atoms. The minimum Gasteiger partial charge on any atom is -0.477 e. The zero-order valence-electron chi connectivity index (χ0n) is 11.4. The van der Waals surface area contributed by atoms with E-state index in [4.69, 9.17) is 16.7 Å². The number of rotatable bonds is 4. The number of halogens is 1. The summed E-state index contributed by atoms with van der Waals surface area (Å²) in [6.07, 6.45) is 0.0320. The lowest BCUT2D eigenvalue weighted by Crippen LogP contribution is -2.14. The Morgan fingerprint density at radius 2 is 2.10 bits per heavy atom. The van der Waals surface area contributed by atoms with E-state index in [-0.39, 0.29) is 17.2 Å². The van der Waals surface area contributed by atoms with Crippen LogP contribution in [-0.4, -0.2) is 22.0 Å². The van der Waals surface area contributed by atoms with Gasteiger partial charge in [0.1, 0.15) is 9.88 Å². The number of nitrogens with one attached hydrogen (secondary N) is 1. The van der Waals surface area contributed by atoms with Gasteiger partial charge in [0, 0.05) is 10.7 Å². The van der Waals surface area contributed by atoms with Gasteiger partial charge in [-0.1, -0.05) is 17.7 Å². The van der Waals surface area contributed by atoms with Crippen molar-refractivity contribution in [1.82, 2.24) is 4.98 Å². The Hall–Kier alpha value is -1.92. The molecule has 7 heteroatoms. The number of anilines is 1. The summed E-state index contributed by atoms with van der Waals surface area (Å²) in [5.41, 5.74) is 1.95. The van der Waals surface area contributed by atoms with Crippen LogP contribution in [0.25, 0.3) is 0 Å². The van der Waals surface area contributed by atoms with Gasteiger partial charge in [-0.15, -0.1) is 11.3 Å². The Balaban J connectivity index is 2.06. The number of aromatic carboxylic acids is 1. The molecule has 0 fully saturated rings. The first-order valence-electron chi connectivity index (χ1n) is 6.12. The summed E-state index contributed by atoms with van der Waals surface area (Å²) in [5, 5.41) is 12.7. The summed E-state index contributed by atoms with van der Waals surface area (Å²) < 4.78 is 0. The van der Waals surface area contributed by atoms with E-state index < -0.39 is 5.97 Å². The molecule has 0 unspecified atom stereocenters. The van der Waals surface area contributed by atoms with Gasteiger partial charge in [-0.3, -0.25) is 4.79 Å². The standard InChI is InChI=1S/C14H13ClN2O3S/c1-7-3-4-9(5-10(7)15)17-11(18)6-12-16-8(2)13(21-12)14(19)20/h3-5H,6H2,1-2H3,(H,17,18)(H,19,20). The highest BCUT2D eigenvalue weighted by atomic mass is 35.5. The third-order valence-corrected chi connectivity index (χ3v) is 4.36. The predicted octanol–water partition coefficient (Wildman–Crippen LogP) is 3.29. The van der Waals surface area contributed by atoms with E-state index in [2.05, 4.69) is 10.3 Å². The molecule has 0 radical (unpaired) electrons. The van der Waals surface area contributed by atoms with Crippen molar-refractivity contribution in [3.05, 3.63) is 44.4 Å². The summed E-state index contributed by atoms with van der Waals surface area (Å²) in [6.45, 7) is 3.49. The highest BCUT2D eigenvalue weighted by molar-refractivity contribution is 7.13. The second-order valence-electron chi connectivity index (χ2n) is 4.52. The first kappa shape index (κ1) is 15.5. The number of nitrogens with zero attached hydrogens (tertiary/aromatic N) is 1. The zero-order valence-corrected chi connectivity index (χ0v) is 13.0. The van der Waals surface area contributed by atoms with E-state index in [9.17, 15) is 9.59 Å². The largest absolute Gasteiger partial charge is 0.477 e. The maximum atomic E-state index is 11.9. The summed E-state index contributed by atoms with van der Waals surface area (Å²) in [7, 11) is 0. The van der Waals surface area contributed by atoms with Gasteiger partial charge in [0.05, 0.1) is 12.1 Å². The number of carbonyl (C=O) groups excluding carboxylic acids is 1. The van der Waals surface area contributed by atoms with Crippen molar-refractivity contribution in [2.24, 2.45) is 0 Å². The van der Waals surface area contributed by atoms with Crippen molar-refractivity contribution in [3.63, 3.8) is 0 Å². The maximum Gasteiger partial charge on any atom is 0.347 e. The normalized spacial score (nSPS) is 10.4. The second kappa shape index (κ2) is 6.24. The fourth-order valence-corrected chi connectivity index (χ4v) is 2.82. The Labute approximate surface area is 130 Å². The molecule has 21 heavy (non-hydrogen) atoms. The zero-order chi connectivity index (χ0) is 15.6. The number of hydrogen-bond donors (Lipinski definition) is 2. The molecule has 0 aliphatic carbocycles. The molecular formula is C14H13ClN2O3S. The molecule has 110 valence electrons. The van der Waals surface area contributed by atoms with Crippen LogP contribution in [0.3, 0.4) is 0 Å². The summed E-state index contributed by atoms with van der Waals surface area (Å²) in [6, 6.07) is 5.24. The predicted molar refractivity (Wildman–Crippen MR) is 82.3 cm³/mol. The molecule has 0 atom stereocenters. The molecule has 0 saturated heterocycles. The van der Waals surface area contributed by atoms with E-state index in [0.29, 0.717) is 21.4 Å². The Kier molecular flexibility index (Phi) is 4.59. The van der Waals surface area contributed by atoms with E-state index in [1.807, 2.05) is 13.0 Å². The quantitative estimate of drug-likeness (QED) is 0.904. The van der Waals surface area contributed by atoms with Crippen LogP contribution in [0, 0.1) is 13.8 Å². The molecule has 2 rings (SSSR count). The minimum absolute atomic E-state index is 0.0320. The molecule has 2 aromatic rings. The van der Waals surface area contributed by atoms with Gasteiger partial charge in [0.2, 0.25) is 5.91 Å². The average Bonchev–Trinajstić information content (AvgIpc) is 2.75. The summed E-state index contributed by atoms with van der Waals surface area (Å²) in [5.74, 6) is -1.29. The van der Waals surface area contributed by atoms with Crippen LogP contribution in [0.2, 0.25) is 5.02 Å². The molecule has 1 aromatic carbocycles. The molecular weight excluding hydrogens is 312 g/mol. The number of carbonyl (C=O) groups is 2. The molecule has 1 amide bonds. The van der Waals surface area contributed by atoms with Crippen LogP contribution in [0.1, 0.15) is 25.9 Å². The summed E-state index contributed by atoms with van der Waals surface area (Å²) in [4.78, 5) is 27.1. The number of carboxylic acids is 1. The second-order valence-corrected chi connectivity index (χ2v) is 6.01. The summed E-state index contributed by atoms with van der Waals surface area (Å²) >= 11 is 7.00. The number of aryl methyl sites for hydroxylation is 2. The first-order chi connectivity index (χ1) is 9.86. The van der Waals surface area contributed by atoms with E-state index in [1.54, 1.807) is 19.1 Å². The first-order valence-corrected chi connectivity index (χ1v) is 7.32. The van der Waals surface area contributed by atoms with Gasteiger partial charge < -0.3 is 10.4 Å². The molecule has 1 heterocycles. The number of benzene rings is 1. The Morgan fingerprint density at radius 3 is 2.67 bits per heavy atom. The fourth-order valence-electron chi connectivity index (χ4n) is 1.74. The van der Waals surface area contributed by atoms with Gasteiger partial charge in [0.15, 0.2) is 0 Å². The van der Waals surface area contributed by atoms with Gasteiger partial charge in [0.25, 0.3) is 0 Å². The van der Waals surface area contributed by atoms with Crippen LogP contribution < -0.4 is 5.32 Å². The van der Waals surface area contributed by atoms with Crippen molar-refractivity contribution in [2.75, 3.05) is 5.32 Å². The van der Waals surface area contributed by atoms with E-state index in [1.165, 1.54) is 0 Å². The van der Waals surface area contributed by atoms with Crippen LogP contribution in [0.5, 0.6) is 0 Å². The van der Waals surface area contributed by atoms with Crippen molar-refractivity contribution >= 4 is 40.5 Å². The third kappa shape index (κ3) is 3.80. The number of amides is 1. The van der Waals surface area contributed by atoms with Crippen LogP contribution in [0.4, 0.5) is 5.69 Å². The van der Waals surface area contributed by atoms with Crippen LogP contribution in [0.15, 0.2) is 18.2 Å². The molecule has 0 aliphatic heterocycles. The molecule has 1 aromatic heterocycles. The highest BCUT2D eigenvalue weighted by Gasteiger charge is 2.16. The lowest BCUT2D eigenvalue weighted by Gasteiger charge is -2.05. The third-order valence-electron chi connectivity index (χ3n) is 2.80. The lowest BCUT2D eigenvalue weighted by atomic mass is 10.2. The molecule has 0 aliphatic rings. The molecule has 0 saturated carbocycles. The van der Waals surface area contributed by atoms with Gasteiger partial charge in [-0.25, -0.2) is 9.78 Å². The van der Waals surface area contributed by atoms with Gasteiger partial charge >= 0.3 is 5.97 Å². The number of hydrogen-bond acceptors (Lipinski definition) is 4. The van der Waals surface area contributed by atoms with E-state index in [0.717, 1.165) is 16.9 Å². The van der Waals surface area contributed by atoms with Gasteiger partial charge in [-0.2, -0.15) is 0 Å². The maximum absolute atomic E-state index is 11.9. The Bertz CT molecular complexity index is 712. The van der Waals surface area contributed by atoms with Crippen molar-refractivity contribution in [2.45, 2.75) is 20.3 Å². The number of carboxylic acid groups (broad SMARTS) is 1. The smallest absolute Gasteiger partial charge is 0.347 e. The molecule has 2 N–H and O–H groups in total. The number of thiazole rings is 1. The SMILES string of the molecule is Cc1ccc(NC(=O)Cc2nc(C)c(C(=O)O)s2)cc1Cl. The van der Waals surface area contributed by atoms with Crippen molar-refractivity contribution in [3.8, 4) is 0 Å². The minimum atomic E-state index is -1.03. The van der Waals surface area contributed by atoms with Crippen LogP contribution in [-0.2, 0) is 11.2 Å². The fraction of sp³-hybridized carbons (Fsp3) is 0.214. The Morgan fingerprint density at radius 1 is 1.38 bits per heavy atom. The highest BCUT2D eigenvalue weighted by Crippen LogP contribution is 2.21. The topological polar surface area (TPSA) is 79.3 Å². The van der Waals surface area contributed by atoms with Crippen molar-refractivity contribution < 1.29 is 14.7 Å². The van der Waals surface area contributed by atoms with Crippen molar-refractivity contribution in [1.29, 1.82) is 0 Å². The van der Waals surface area contributed by atoms with Gasteiger partial charge in [-0.05, 0) is 31.5 Å². The molecule has 5 nitrogen and oxygen atoms in total. The van der Waals surface area contributed by atoms with Crippen LogP contribution >= 0.6 is 22.9 Å². The monoisotopic (exact) mass is 324 g/mol. The average molecular weight is 325 g/mol. The number of aromatic nitrogens is 1. The lowest BCUT2D eigenvalue weighted by molar-refractivity contribution is -0.115. The molecule has 0 spiro atoms.